The fraction of sp³-hybridized carbons (Fsp3) is 0.720. The molecule has 8 nitrogen and oxygen atoms in total. The van der Waals surface area contributed by atoms with E-state index in [-0.39, 0.29) is 18.4 Å². The lowest BCUT2D eigenvalue weighted by molar-refractivity contribution is -0.156. The standard InChI is InChI=1S/C25H36N2O6/c1-3-5-8-13-26-14-10-12-25-20(19-18(33-25)11-7-6-9-15-32-24(19)31)22(29)27(17(4-2)16-28)21(25)23(26)30/h7,10-12,17-21,28H,3-6,8-9,13-16H2,1-2H3/b11-7-/t17-,18+,19-,20-,21?,25-/m0/s1. The molecule has 1 spiro atoms. The summed E-state index contributed by atoms with van der Waals surface area (Å²) in [6, 6.07) is -1.44. The fourth-order valence-corrected chi connectivity index (χ4v) is 5.80. The molecule has 1 N–H and O–H groups in total. The zero-order chi connectivity index (χ0) is 23.6. The second-order valence-corrected chi connectivity index (χ2v) is 9.46. The van der Waals surface area contributed by atoms with E-state index in [0.717, 1.165) is 25.7 Å². The van der Waals surface area contributed by atoms with Crippen molar-refractivity contribution in [3.8, 4) is 0 Å². The summed E-state index contributed by atoms with van der Waals surface area (Å²) in [5.41, 5.74) is -1.26. The van der Waals surface area contributed by atoms with E-state index < -0.39 is 41.6 Å². The number of allylic oxidation sites excluding steroid dienone is 1. The topological polar surface area (TPSA) is 96.4 Å². The molecule has 33 heavy (non-hydrogen) atoms. The van der Waals surface area contributed by atoms with Crippen molar-refractivity contribution in [3.63, 3.8) is 0 Å². The zero-order valence-electron chi connectivity index (χ0n) is 19.7. The van der Waals surface area contributed by atoms with Crippen LogP contribution < -0.4 is 0 Å². The van der Waals surface area contributed by atoms with Crippen molar-refractivity contribution >= 4 is 17.8 Å². The first kappa shape index (κ1) is 24.0. The SMILES string of the molecule is CCCCCN1CC=C[C@]23O[C@@H]4/C=C\CCCOC(=O)[C@@H]4[C@H]2C(=O)N([C@@H](CC)CO)C3C1=O. The first-order chi connectivity index (χ1) is 16.0. The van der Waals surface area contributed by atoms with Crippen molar-refractivity contribution in [3.05, 3.63) is 24.3 Å². The molecule has 1 unspecified atom stereocenters. The molecule has 4 aliphatic rings. The number of aliphatic hydroxyl groups excluding tert-OH is 1. The van der Waals surface area contributed by atoms with Gasteiger partial charge in [0.05, 0.1) is 31.3 Å². The Kier molecular flexibility index (Phi) is 7.24. The number of carbonyl (C=O) groups is 3. The minimum absolute atomic E-state index is 0.178. The smallest absolute Gasteiger partial charge is 0.312 e. The van der Waals surface area contributed by atoms with E-state index in [1.165, 1.54) is 4.90 Å². The molecule has 0 aromatic rings. The van der Waals surface area contributed by atoms with Crippen molar-refractivity contribution in [1.82, 2.24) is 9.80 Å². The number of hydrogen-bond acceptors (Lipinski definition) is 6. The lowest BCUT2D eigenvalue weighted by Gasteiger charge is -2.38. The molecule has 6 atom stereocenters. The minimum atomic E-state index is -1.26. The highest BCUT2D eigenvalue weighted by atomic mass is 16.6. The Morgan fingerprint density at radius 3 is 2.73 bits per heavy atom. The molecule has 8 heteroatoms. The van der Waals surface area contributed by atoms with Crippen molar-refractivity contribution < 1.29 is 29.0 Å². The molecular formula is C25H36N2O6. The maximum atomic E-state index is 13.9. The van der Waals surface area contributed by atoms with Gasteiger partial charge in [0.15, 0.2) is 0 Å². The van der Waals surface area contributed by atoms with E-state index in [1.54, 1.807) is 4.90 Å². The maximum Gasteiger partial charge on any atom is 0.312 e. The second-order valence-electron chi connectivity index (χ2n) is 9.46. The van der Waals surface area contributed by atoms with Gasteiger partial charge in [0.25, 0.3) is 0 Å². The quantitative estimate of drug-likeness (QED) is 0.354. The Morgan fingerprint density at radius 2 is 2.00 bits per heavy atom. The molecule has 0 aromatic heterocycles. The molecule has 182 valence electrons. The van der Waals surface area contributed by atoms with Crippen LogP contribution in [0, 0.1) is 11.8 Å². The minimum Gasteiger partial charge on any atom is -0.465 e. The summed E-state index contributed by atoms with van der Waals surface area (Å²) in [5, 5.41) is 10.1. The van der Waals surface area contributed by atoms with Crippen molar-refractivity contribution in [2.45, 2.75) is 76.2 Å². The highest BCUT2D eigenvalue weighted by molar-refractivity contribution is 5.99. The van der Waals surface area contributed by atoms with Crippen LogP contribution in [0.15, 0.2) is 24.3 Å². The molecule has 2 amide bonds. The molecule has 2 saturated heterocycles. The van der Waals surface area contributed by atoms with Crippen molar-refractivity contribution in [2.75, 3.05) is 26.3 Å². The summed E-state index contributed by atoms with van der Waals surface area (Å²) in [6.45, 7) is 5.06. The van der Waals surface area contributed by atoms with Gasteiger partial charge in [-0.3, -0.25) is 14.4 Å². The number of aliphatic hydroxyl groups is 1. The number of likely N-dealkylation sites (tertiary alicyclic amines) is 1. The predicted octanol–water partition coefficient (Wildman–Crippen LogP) is 1.82. The van der Waals surface area contributed by atoms with Gasteiger partial charge < -0.3 is 24.4 Å². The van der Waals surface area contributed by atoms with Crippen LogP contribution >= 0.6 is 0 Å². The van der Waals surface area contributed by atoms with Crippen LogP contribution in [0.5, 0.6) is 0 Å². The van der Waals surface area contributed by atoms with Gasteiger partial charge in [-0.25, -0.2) is 0 Å². The molecule has 0 aliphatic carbocycles. The lowest BCUT2D eigenvalue weighted by atomic mass is 9.78. The van der Waals surface area contributed by atoms with E-state index in [2.05, 4.69) is 6.92 Å². The molecule has 4 aliphatic heterocycles. The van der Waals surface area contributed by atoms with Gasteiger partial charge in [-0.2, -0.15) is 0 Å². The molecule has 4 heterocycles. The fourth-order valence-electron chi connectivity index (χ4n) is 5.80. The van der Waals surface area contributed by atoms with Gasteiger partial charge in [0, 0.05) is 13.1 Å². The number of esters is 1. The summed E-state index contributed by atoms with van der Waals surface area (Å²) in [7, 11) is 0. The number of unbranched alkanes of at least 4 members (excludes halogenated alkanes) is 2. The Labute approximate surface area is 195 Å². The van der Waals surface area contributed by atoms with Gasteiger partial charge in [-0.15, -0.1) is 0 Å². The number of ether oxygens (including phenoxy) is 2. The summed E-state index contributed by atoms with van der Waals surface area (Å²) in [5.74, 6) is -2.63. The monoisotopic (exact) mass is 460 g/mol. The average Bonchev–Trinajstić information content (AvgIpc) is 3.22. The highest BCUT2D eigenvalue weighted by Crippen LogP contribution is 2.53. The zero-order valence-corrected chi connectivity index (χ0v) is 19.7. The largest absolute Gasteiger partial charge is 0.465 e. The highest BCUT2D eigenvalue weighted by Gasteiger charge is 2.72. The maximum absolute atomic E-state index is 13.9. The number of amides is 2. The van der Waals surface area contributed by atoms with Crippen molar-refractivity contribution in [2.24, 2.45) is 11.8 Å². The Hall–Kier alpha value is -2.19. The van der Waals surface area contributed by atoms with Crippen LogP contribution in [-0.4, -0.2) is 82.8 Å². The first-order valence-electron chi connectivity index (χ1n) is 12.4. The first-order valence-corrected chi connectivity index (χ1v) is 12.4. The molecule has 0 radical (unpaired) electrons. The molecule has 4 rings (SSSR count). The van der Waals surface area contributed by atoms with Crippen LogP contribution in [0.3, 0.4) is 0 Å². The van der Waals surface area contributed by atoms with E-state index in [4.69, 9.17) is 9.47 Å². The predicted molar refractivity (Wildman–Crippen MR) is 121 cm³/mol. The van der Waals surface area contributed by atoms with Crippen LogP contribution in [0.2, 0.25) is 0 Å². The summed E-state index contributed by atoms with van der Waals surface area (Å²) >= 11 is 0. The third-order valence-electron chi connectivity index (χ3n) is 7.48. The van der Waals surface area contributed by atoms with Gasteiger partial charge in [0.1, 0.15) is 17.6 Å². The number of nitrogens with zero attached hydrogens (tertiary/aromatic N) is 2. The van der Waals surface area contributed by atoms with Crippen molar-refractivity contribution in [1.29, 1.82) is 0 Å². The summed E-state index contributed by atoms with van der Waals surface area (Å²) in [6.07, 6.45) is 11.8. The van der Waals surface area contributed by atoms with E-state index in [1.807, 2.05) is 31.2 Å². The van der Waals surface area contributed by atoms with Gasteiger partial charge in [-0.05, 0) is 25.7 Å². The second kappa shape index (κ2) is 9.97. The normalized spacial score (nSPS) is 35.7. The molecule has 0 bridgehead atoms. The Bertz CT molecular complexity index is 822. The van der Waals surface area contributed by atoms with E-state index >= 15 is 0 Å². The number of cyclic esters (lactones) is 1. The molecule has 2 fully saturated rings. The summed E-state index contributed by atoms with van der Waals surface area (Å²) in [4.78, 5) is 44.2. The average molecular weight is 461 g/mol. The third kappa shape index (κ3) is 4.01. The molecule has 0 saturated carbocycles. The molecule has 0 aromatic carbocycles. The lowest BCUT2D eigenvalue weighted by Crippen LogP contribution is -2.58. The molecular weight excluding hydrogens is 424 g/mol. The number of carbonyl (C=O) groups excluding carboxylic acids is 3. The van der Waals surface area contributed by atoms with Crippen LogP contribution in [0.4, 0.5) is 0 Å². The van der Waals surface area contributed by atoms with Crippen LogP contribution in [-0.2, 0) is 23.9 Å². The summed E-state index contributed by atoms with van der Waals surface area (Å²) < 4.78 is 12.0. The third-order valence-corrected chi connectivity index (χ3v) is 7.48. The van der Waals surface area contributed by atoms with Gasteiger partial charge >= 0.3 is 5.97 Å². The van der Waals surface area contributed by atoms with Gasteiger partial charge in [-0.1, -0.05) is 51.0 Å². The number of fused-ring (bicyclic) bond motifs is 2. The number of rotatable bonds is 7. The van der Waals surface area contributed by atoms with Gasteiger partial charge in [0.2, 0.25) is 11.8 Å². The Balaban J connectivity index is 1.78. The Morgan fingerprint density at radius 1 is 1.18 bits per heavy atom. The number of hydrogen-bond donors (Lipinski definition) is 1. The van der Waals surface area contributed by atoms with E-state index in [9.17, 15) is 19.5 Å². The van der Waals surface area contributed by atoms with Crippen LogP contribution in [0.1, 0.15) is 52.4 Å². The van der Waals surface area contributed by atoms with Crippen LogP contribution in [0.25, 0.3) is 0 Å². The van der Waals surface area contributed by atoms with E-state index in [0.29, 0.717) is 32.5 Å².